The van der Waals surface area contributed by atoms with E-state index in [0.717, 1.165) is 6.08 Å². The van der Waals surface area contributed by atoms with Crippen molar-refractivity contribution < 1.29 is 23.5 Å². The molecule has 1 aliphatic heterocycles. The fraction of sp³-hybridized carbons (Fsp3) is 0.250. The summed E-state index contributed by atoms with van der Waals surface area (Å²) >= 11 is 5.89. The van der Waals surface area contributed by atoms with Crippen LogP contribution in [0.1, 0.15) is 6.92 Å². The van der Waals surface area contributed by atoms with E-state index in [-0.39, 0.29) is 30.2 Å². The third-order valence-corrected chi connectivity index (χ3v) is 5.54. The minimum absolute atomic E-state index is 0.0284. The number of carbonyl (C=O) groups is 2. The maximum atomic E-state index is 13.5. The molecule has 11 heteroatoms. The summed E-state index contributed by atoms with van der Waals surface area (Å²) in [4.78, 5) is 34.4. The highest BCUT2D eigenvalue weighted by molar-refractivity contribution is 6.31. The molecule has 1 amide bonds. The number of hydrogen-bond donors (Lipinski definition) is 2. The highest BCUT2D eigenvalue weighted by atomic mass is 35.5. The number of nitrogens with zero attached hydrogens (tertiary/aromatic N) is 3. The van der Waals surface area contributed by atoms with Gasteiger partial charge in [-0.15, -0.1) is 0 Å². The summed E-state index contributed by atoms with van der Waals surface area (Å²) < 4.78 is 24.6. The first kappa shape index (κ1) is 24.4. The lowest BCUT2D eigenvalue weighted by Gasteiger charge is -2.30. The number of carbonyl (C=O) groups excluding carboxylic acids is 2. The molecule has 1 fully saturated rings. The molecule has 35 heavy (non-hydrogen) atoms. The lowest BCUT2D eigenvalue weighted by atomic mass is 10.1. The molecule has 2 aromatic carbocycles. The molecule has 2 heterocycles. The average molecular weight is 500 g/mol. The second kappa shape index (κ2) is 10.7. The van der Waals surface area contributed by atoms with E-state index in [1.54, 1.807) is 12.1 Å². The molecule has 0 spiro atoms. The van der Waals surface area contributed by atoms with E-state index in [9.17, 15) is 14.0 Å². The summed E-state index contributed by atoms with van der Waals surface area (Å²) in [7, 11) is 0. The number of nitrogens with one attached hydrogen (secondary N) is 2. The lowest BCUT2D eigenvalue weighted by molar-refractivity contribution is -0.157. The van der Waals surface area contributed by atoms with E-state index in [0.29, 0.717) is 46.9 Å². The van der Waals surface area contributed by atoms with Crippen LogP contribution in [-0.2, 0) is 14.3 Å². The van der Waals surface area contributed by atoms with Crippen molar-refractivity contribution in [3.8, 4) is 5.75 Å². The Balaban J connectivity index is 1.60. The Morgan fingerprint density at radius 2 is 2.20 bits per heavy atom. The summed E-state index contributed by atoms with van der Waals surface area (Å²) in [5, 5.41) is 6.41. The third kappa shape index (κ3) is 5.84. The Labute approximate surface area is 205 Å². The van der Waals surface area contributed by atoms with Crippen LogP contribution in [0.4, 0.5) is 21.6 Å². The SMILES string of the molecule is C=CC(=O)Nc1c(OCCN2CC(=O)O[C@@H](C)C2)ccc2c(Nc3ccc(F)c(Cl)c3)ncnc12. The van der Waals surface area contributed by atoms with Crippen molar-refractivity contribution in [3.05, 3.63) is 60.2 Å². The number of amides is 1. The molecule has 9 nitrogen and oxygen atoms in total. The normalized spacial score (nSPS) is 16.0. The number of hydrogen-bond acceptors (Lipinski definition) is 8. The number of esters is 1. The maximum Gasteiger partial charge on any atom is 0.320 e. The van der Waals surface area contributed by atoms with Crippen LogP contribution >= 0.6 is 11.6 Å². The van der Waals surface area contributed by atoms with Gasteiger partial charge in [0.15, 0.2) is 0 Å². The van der Waals surface area contributed by atoms with Crippen LogP contribution in [0, 0.1) is 5.82 Å². The van der Waals surface area contributed by atoms with E-state index < -0.39 is 11.7 Å². The van der Waals surface area contributed by atoms with Gasteiger partial charge in [-0.25, -0.2) is 14.4 Å². The van der Waals surface area contributed by atoms with Crippen LogP contribution in [0.2, 0.25) is 5.02 Å². The number of rotatable bonds is 8. The molecule has 0 unspecified atom stereocenters. The van der Waals surface area contributed by atoms with Gasteiger partial charge < -0.3 is 20.1 Å². The number of anilines is 3. The molecular weight excluding hydrogens is 477 g/mol. The van der Waals surface area contributed by atoms with Gasteiger partial charge in [0.25, 0.3) is 0 Å². The minimum atomic E-state index is -0.531. The molecule has 4 rings (SSSR count). The number of aromatic nitrogens is 2. The number of halogens is 2. The fourth-order valence-electron chi connectivity index (χ4n) is 3.70. The Morgan fingerprint density at radius 3 is 2.94 bits per heavy atom. The van der Waals surface area contributed by atoms with Crippen molar-refractivity contribution in [1.82, 2.24) is 14.9 Å². The van der Waals surface area contributed by atoms with E-state index in [1.165, 1.54) is 24.5 Å². The molecule has 1 aromatic heterocycles. The first-order chi connectivity index (χ1) is 16.8. The zero-order valence-electron chi connectivity index (χ0n) is 18.9. The number of fused-ring (bicyclic) bond motifs is 1. The van der Waals surface area contributed by atoms with Gasteiger partial charge in [0.1, 0.15) is 47.6 Å². The van der Waals surface area contributed by atoms with Crippen molar-refractivity contribution in [2.45, 2.75) is 13.0 Å². The Morgan fingerprint density at radius 1 is 1.37 bits per heavy atom. The van der Waals surface area contributed by atoms with Crippen LogP contribution in [0.5, 0.6) is 5.75 Å². The Kier molecular flexibility index (Phi) is 7.42. The van der Waals surface area contributed by atoms with E-state index in [1.807, 2.05) is 11.8 Å². The number of ether oxygens (including phenoxy) is 2. The van der Waals surface area contributed by atoms with Gasteiger partial charge in [-0.2, -0.15) is 0 Å². The fourth-order valence-corrected chi connectivity index (χ4v) is 3.88. The molecule has 2 N–H and O–H groups in total. The minimum Gasteiger partial charge on any atom is -0.490 e. The Hall–Kier alpha value is -3.76. The first-order valence-corrected chi connectivity index (χ1v) is 11.2. The molecule has 0 saturated carbocycles. The topological polar surface area (TPSA) is 106 Å². The monoisotopic (exact) mass is 499 g/mol. The molecule has 1 saturated heterocycles. The molecule has 1 atom stereocenters. The van der Waals surface area contributed by atoms with E-state index in [4.69, 9.17) is 21.1 Å². The molecule has 0 radical (unpaired) electrons. The van der Waals surface area contributed by atoms with Gasteiger partial charge in [-0.1, -0.05) is 18.2 Å². The molecule has 0 bridgehead atoms. The zero-order chi connectivity index (χ0) is 24.9. The number of cyclic esters (lactones) is 1. The van der Waals surface area contributed by atoms with E-state index >= 15 is 0 Å². The van der Waals surface area contributed by atoms with Crippen LogP contribution in [0.3, 0.4) is 0 Å². The van der Waals surface area contributed by atoms with Crippen LogP contribution in [-0.4, -0.2) is 59.1 Å². The number of morpholine rings is 1. The van der Waals surface area contributed by atoms with Gasteiger partial charge in [-0.3, -0.25) is 14.5 Å². The molecule has 3 aromatic rings. The first-order valence-electron chi connectivity index (χ1n) is 10.8. The summed E-state index contributed by atoms with van der Waals surface area (Å²) in [5.41, 5.74) is 1.31. The van der Waals surface area contributed by atoms with Crippen molar-refractivity contribution in [2.24, 2.45) is 0 Å². The Bertz CT molecular complexity index is 1290. The van der Waals surface area contributed by atoms with E-state index in [2.05, 4.69) is 27.2 Å². The molecular formula is C24H23ClFN5O4. The standard InChI is InChI=1S/C24H23ClFN5O4/c1-3-20(32)30-23-19(34-9-8-31-11-14(2)35-21(33)12-31)7-5-16-22(23)27-13-28-24(16)29-15-4-6-18(26)17(25)10-15/h3-7,10,13-14H,1,8-9,11-12H2,2H3,(H,30,32)(H,27,28,29)/t14-/m0/s1. The van der Waals surface area contributed by atoms with Crippen LogP contribution < -0.4 is 15.4 Å². The van der Waals surface area contributed by atoms with Gasteiger partial charge in [0.2, 0.25) is 5.91 Å². The number of benzene rings is 2. The van der Waals surface area contributed by atoms with Crippen molar-refractivity contribution >= 4 is 51.6 Å². The van der Waals surface area contributed by atoms with Crippen LogP contribution in [0.15, 0.2) is 49.3 Å². The smallest absolute Gasteiger partial charge is 0.320 e. The second-order valence-corrected chi connectivity index (χ2v) is 8.30. The predicted octanol–water partition coefficient (Wildman–Crippen LogP) is 3.92. The average Bonchev–Trinajstić information content (AvgIpc) is 2.82. The largest absolute Gasteiger partial charge is 0.490 e. The lowest BCUT2D eigenvalue weighted by Crippen LogP contribution is -2.45. The summed E-state index contributed by atoms with van der Waals surface area (Å²) in [6.45, 7) is 6.91. The van der Waals surface area contributed by atoms with Gasteiger partial charge in [-0.05, 0) is 43.3 Å². The second-order valence-electron chi connectivity index (χ2n) is 7.89. The van der Waals surface area contributed by atoms with Gasteiger partial charge >= 0.3 is 5.97 Å². The van der Waals surface area contributed by atoms with Crippen molar-refractivity contribution in [2.75, 3.05) is 36.9 Å². The third-order valence-electron chi connectivity index (χ3n) is 5.25. The predicted molar refractivity (Wildman–Crippen MR) is 131 cm³/mol. The summed E-state index contributed by atoms with van der Waals surface area (Å²) in [6, 6.07) is 7.67. The molecule has 0 aliphatic carbocycles. The molecule has 182 valence electrons. The van der Waals surface area contributed by atoms with Gasteiger partial charge in [0.05, 0.1) is 11.6 Å². The highest BCUT2D eigenvalue weighted by Gasteiger charge is 2.23. The van der Waals surface area contributed by atoms with Crippen molar-refractivity contribution in [1.29, 1.82) is 0 Å². The van der Waals surface area contributed by atoms with Crippen LogP contribution in [0.25, 0.3) is 10.9 Å². The summed E-state index contributed by atoms with van der Waals surface area (Å²) in [6.07, 6.45) is 2.30. The zero-order valence-corrected chi connectivity index (χ0v) is 19.6. The van der Waals surface area contributed by atoms with Gasteiger partial charge in [0, 0.05) is 24.2 Å². The van der Waals surface area contributed by atoms with Crippen molar-refractivity contribution in [3.63, 3.8) is 0 Å². The maximum absolute atomic E-state index is 13.5. The summed E-state index contributed by atoms with van der Waals surface area (Å²) in [5.74, 6) is -0.410. The molecule has 1 aliphatic rings. The quantitative estimate of drug-likeness (QED) is 0.355. The highest BCUT2D eigenvalue weighted by Crippen LogP contribution is 2.35.